The van der Waals surface area contributed by atoms with E-state index in [-0.39, 0.29) is 11.9 Å². The average molecular weight is 594 g/mol. The number of halogens is 1. The number of allylic oxidation sites excluding steroid dienone is 3. The fourth-order valence-electron chi connectivity index (χ4n) is 4.60. The highest BCUT2D eigenvalue weighted by Gasteiger charge is 2.31. The molecule has 0 spiro atoms. The Morgan fingerprint density at radius 3 is 2.51 bits per heavy atom. The Balaban J connectivity index is 0.000000815. The van der Waals surface area contributed by atoms with Gasteiger partial charge in [-0.2, -0.15) is 0 Å². The number of amides is 1. The van der Waals surface area contributed by atoms with Crippen LogP contribution in [0.2, 0.25) is 0 Å². The van der Waals surface area contributed by atoms with E-state index in [9.17, 15) is 4.79 Å². The Bertz CT molecular complexity index is 1190. The number of hydrogen-bond acceptors (Lipinski definition) is 3. The van der Waals surface area contributed by atoms with Crippen molar-refractivity contribution in [2.24, 2.45) is 5.73 Å². The van der Waals surface area contributed by atoms with Crippen molar-refractivity contribution < 1.29 is 4.79 Å². The van der Waals surface area contributed by atoms with Gasteiger partial charge in [-0.3, -0.25) is 4.79 Å². The van der Waals surface area contributed by atoms with Crippen molar-refractivity contribution in [1.29, 1.82) is 0 Å². The van der Waals surface area contributed by atoms with E-state index in [2.05, 4.69) is 82.2 Å². The molecule has 1 amide bonds. The van der Waals surface area contributed by atoms with Gasteiger partial charge in [0.15, 0.2) is 0 Å². The molecule has 4 N–H and O–H groups in total. The standard InChI is InChI=1S/C27H31BrN4O.C4H8.C2H6/c1-2-3-12-23-25(20-10-7-11-21(28)16-20)24(17-29)31-26(23)27(33)32-14-13-30-18-22(32)15-19-8-5-4-6-9-19;1-3-4-2;1-2/h2-11,16,22,30-31H,12-15,17-18,29H2,1H3;3H,1,4H2,2H3;1-2H3/b3-2-;;/t22-;;/m1../s1. The summed E-state index contributed by atoms with van der Waals surface area (Å²) >= 11 is 3.58. The van der Waals surface area contributed by atoms with Crippen LogP contribution in [-0.4, -0.2) is 41.5 Å². The summed E-state index contributed by atoms with van der Waals surface area (Å²) in [7, 11) is 0. The van der Waals surface area contributed by atoms with Gasteiger partial charge in [-0.1, -0.05) is 97.4 Å². The lowest BCUT2D eigenvalue weighted by atomic mass is 9.96. The van der Waals surface area contributed by atoms with Crippen molar-refractivity contribution in [3.63, 3.8) is 0 Å². The van der Waals surface area contributed by atoms with Crippen LogP contribution < -0.4 is 11.1 Å². The zero-order valence-corrected chi connectivity index (χ0v) is 25.6. The maximum atomic E-state index is 14.0. The highest BCUT2D eigenvalue weighted by atomic mass is 79.9. The maximum absolute atomic E-state index is 14.0. The number of nitrogens with two attached hydrogens (primary N) is 1. The molecule has 0 saturated carbocycles. The largest absolute Gasteiger partial charge is 0.353 e. The molecular weight excluding hydrogens is 548 g/mol. The second-order valence-electron chi connectivity index (χ2n) is 9.06. The first-order valence-electron chi connectivity index (χ1n) is 14.0. The maximum Gasteiger partial charge on any atom is 0.270 e. The zero-order chi connectivity index (χ0) is 28.6. The summed E-state index contributed by atoms with van der Waals surface area (Å²) in [5, 5.41) is 3.46. The number of piperazine rings is 1. The second-order valence-corrected chi connectivity index (χ2v) is 9.98. The molecule has 1 atom stereocenters. The fourth-order valence-corrected chi connectivity index (χ4v) is 5.00. The predicted octanol–water partition coefficient (Wildman–Crippen LogP) is 7.29. The predicted molar refractivity (Wildman–Crippen MR) is 170 cm³/mol. The number of rotatable bonds is 8. The van der Waals surface area contributed by atoms with E-state index in [0.717, 1.165) is 52.8 Å². The lowest BCUT2D eigenvalue weighted by Crippen LogP contribution is -2.54. The number of hydrogen-bond donors (Lipinski definition) is 3. The number of aromatic amines is 1. The molecule has 0 aliphatic carbocycles. The Kier molecular flexibility index (Phi) is 14.6. The van der Waals surface area contributed by atoms with Crippen molar-refractivity contribution in [1.82, 2.24) is 15.2 Å². The third-order valence-electron chi connectivity index (χ3n) is 6.48. The Labute approximate surface area is 243 Å². The Morgan fingerprint density at radius 2 is 1.90 bits per heavy atom. The van der Waals surface area contributed by atoms with E-state index < -0.39 is 0 Å². The Hall–Kier alpha value is -2.93. The smallest absolute Gasteiger partial charge is 0.270 e. The van der Waals surface area contributed by atoms with Gasteiger partial charge in [0.05, 0.1) is 0 Å². The molecule has 210 valence electrons. The number of aromatic nitrogens is 1. The lowest BCUT2D eigenvalue weighted by molar-refractivity contribution is 0.0629. The molecule has 5 nitrogen and oxygen atoms in total. The van der Waals surface area contributed by atoms with Crippen LogP contribution in [0.4, 0.5) is 0 Å². The fraction of sp³-hybridized carbons (Fsp3) is 0.364. The molecule has 0 unspecified atom stereocenters. The first-order chi connectivity index (χ1) is 19.0. The number of nitrogens with zero attached hydrogens (tertiary/aromatic N) is 1. The quantitative estimate of drug-likeness (QED) is 0.240. The summed E-state index contributed by atoms with van der Waals surface area (Å²) < 4.78 is 0.999. The van der Waals surface area contributed by atoms with Gasteiger partial charge in [0.1, 0.15) is 5.69 Å². The normalized spacial score (nSPS) is 14.7. The van der Waals surface area contributed by atoms with E-state index in [1.165, 1.54) is 5.56 Å². The van der Waals surface area contributed by atoms with Crippen LogP contribution in [-0.2, 0) is 19.4 Å². The van der Waals surface area contributed by atoms with Gasteiger partial charge in [0.2, 0.25) is 0 Å². The van der Waals surface area contributed by atoms with Crippen molar-refractivity contribution >= 4 is 21.8 Å². The summed E-state index contributed by atoms with van der Waals surface area (Å²) in [6.45, 7) is 14.1. The van der Waals surface area contributed by atoms with E-state index in [4.69, 9.17) is 5.73 Å². The van der Waals surface area contributed by atoms with Gasteiger partial charge in [-0.25, -0.2) is 0 Å². The summed E-state index contributed by atoms with van der Waals surface area (Å²) in [5.41, 5.74) is 12.0. The summed E-state index contributed by atoms with van der Waals surface area (Å²) in [6.07, 6.45) is 8.58. The molecule has 1 aromatic heterocycles. The minimum Gasteiger partial charge on any atom is -0.353 e. The number of nitrogens with one attached hydrogen (secondary N) is 2. The first kappa shape index (κ1) is 32.3. The molecule has 0 bridgehead atoms. The third-order valence-corrected chi connectivity index (χ3v) is 6.98. The molecule has 1 aliphatic rings. The monoisotopic (exact) mass is 592 g/mol. The molecule has 2 aromatic carbocycles. The summed E-state index contributed by atoms with van der Waals surface area (Å²) in [4.78, 5) is 19.4. The van der Waals surface area contributed by atoms with Crippen molar-refractivity contribution in [3.05, 3.63) is 106 Å². The van der Waals surface area contributed by atoms with Crippen LogP contribution in [0.3, 0.4) is 0 Å². The van der Waals surface area contributed by atoms with E-state index in [1.807, 2.05) is 56.0 Å². The molecule has 39 heavy (non-hydrogen) atoms. The zero-order valence-electron chi connectivity index (χ0n) is 24.0. The number of benzene rings is 2. The molecule has 1 aliphatic heterocycles. The minimum absolute atomic E-state index is 0.0490. The number of carbonyl (C=O) groups excluding carboxylic acids is 1. The molecule has 1 fully saturated rings. The molecule has 3 aromatic rings. The summed E-state index contributed by atoms with van der Waals surface area (Å²) in [6, 6.07) is 18.7. The van der Waals surface area contributed by atoms with Crippen LogP contribution in [0.5, 0.6) is 0 Å². The topological polar surface area (TPSA) is 74.2 Å². The first-order valence-corrected chi connectivity index (χ1v) is 14.8. The van der Waals surface area contributed by atoms with Crippen LogP contribution in [0, 0.1) is 0 Å². The van der Waals surface area contributed by atoms with Crippen LogP contribution in [0.15, 0.2) is 83.9 Å². The van der Waals surface area contributed by atoms with Gasteiger partial charge < -0.3 is 20.9 Å². The highest BCUT2D eigenvalue weighted by Crippen LogP contribution is 2.33. The van der Waals surface area contributed by atoms with Crippen LogP contribution in [0.25, 0.3) is 11.1 Å². The van der Waals surface area contributed by atoms with E-state index in [0.29, 0.717) is 25.2 Å². The van der Waals surface area contributed by atoms with E-state index >= 15 is 0 Å². The van der Waals surface area contributed by atoms with E-state index in [1.54, 1.807) is 0 Å². The van der Waals surface area contributed by atoms with Gasteiger partial charge >= 0.3 is 0 Å². The van der Waals surface area contributed by atoms with Crippen LogP contribution >= 0.6 is 15.9 Å². The molecule has 6 heteroatoms. The Morgan fingerprint density at radius 1 is 1.18 bits per heavy atom. The minimum atomic E-state index is 0.0490. The molecule has 4 rings (SSSR count). The molecule has 2 heterocycles. The molecule has 0 radical (unpaired) electrons. The van der Waals surface area contributed by atoms with Crippen molar-refractivity contribution in [2.75, 3.05) is 19.6 Å². The van der Waals surface area contributed by atoms with Gasteiger partial charge in [0, 0.05) is 48.0 Å². The van der Waals surface area contributed by atoms with Crippen molar-refractivity contribution in [2.45, 2.75) is 59.5 Å². The van der Waals surface area contributed by atoms with Crippen molar-refractivity contribution in [3.8, 4) is 11.1 Å². The van der Waals surface area contributed by atoms with Crippen LogP contribution in [0.1, 0.15) is 61.4 Å². The number of carbonyl (C=O) groups is 1. The average Bonchev–Trinajstić information content (AvgIpc) is 3.36. The molecule has 1 saturated heterocycles. The lowest BCUT2D eigenvalue weighted by Gasteiger charge is -2.36. The molecular formula is C33H45BrN4O. The number of H-pyrrole nitrogens is 1. The van der Waals surface area contributed by atoms with Gasteiger partial charge in [-0.05, 0) is 55.0 Å². The van der Waals surface area contributed by atoms with Gasteiger partial charge in [-0.15, -0.1) is 6.58 Å². The second kappa shape index (κ2) is 17.6. The SMILES string of the molecule is C/C=C\Cc1c(C(=O)N2CCNC[C@H]2Cc2ccccc2)[nH]c(CN)c1-c1cccc(Br)c1.C=CCC.CC. The highest BCUT2D eigenvalue weighted by molar-refractivity contribution is 9.10. The third kappa shape index (κ3) is 9.06. The van der Waals surface area contributed by atoms with Gasteiger partial charge in [0.25, 0.3) is 5.91 Å². The summed E-state index contributed by atoms with van der Waals surface area (Å²) in [5.74, 6) is 0.0490.